The van der Waals surface area contributed by atoms with Gasteiger partial charge in [-0.25, -0.2) is 4.98 Å². The minimum absolute atomic E-state index is 0.252. The van der Waals surface area contributed by atoms with Gasteiger partial charge in [0.15, 0.2) is 23.1 Å². The van der Waals surface area contributed by atoms with Gasteiger partial charge in [0.05, 0.1) is 5.52 Å². The van der Waals surface area contributed by atoms with Crippen LogP contribution in [-0.4, -0.2) is 24.9 Å². The molecule has 25 heavy (non-hydrogen) atoms. The number of aromatic nitrogens is 1. The van der Waals surface area contributed by atoms with Crippen molar-refractivity contribution in [1.29, 1.82) is 0 Å². The molecule has 0 saturated carbocycles. The summed E-state index contributed by atoms with van der Waals surface area (Å²) in [6, 6.07) is 15.7. The van der Waals surface area contributed by atoms with Gasteiger partial charge in [-0.05, 0) is 38.1 Å². The van der Waals surface area contributed by atoms with E-state index in [0.29, 0.717) is 0 Å². The molecule has 0 amide bonds. The van der Waals surface area contributed by atoms with Gasteiger partial charge >= 0.3 is 0 Å². The predicted octanol–water partition coefficient (Wildman–Crippen LogP) is 4.60. The van der Waals surface area contributed by atoms with Crippen LogP contribution in [0, 0.1) is 0 Å². The number of hydrogen-bond acceptors (Lipinski definition) is 5. The van der Waals surface area contributed by atoms with E-state index < -0.39 is 0 Å². The van der Waals surface area contributed by atoms with Gasteiger partial charge in [0.25, 0.3) is 0 Å². The normalized spacial score (nSPS) is 12.4. The van der Waals surface area contributed by atoms with Crippen molar-refractivity contribution in [1.82, 2.24) is 4.98 Å². The summed E-state index contributed by atoms with van der Waals surface area (Å²) in [5.74, 6) is 3.84. The van der Waals surface area contributed by atoms with Crippen molar-refractivity contribution in [2.24, 2.45) is 0 Å². The topological polar surface area (TPSA) is 43.8 Å². The molecule has 3 aromatic rings. The summed E-state index contributed by atoms with van der Waals surface area (Å²) in [6.07, 6.45) is 0. The van der Waals surface area contributed by atoms with Crippen molar-refractivity contribution in [3.63, 3.8) is 0 Å². The van der Waals surface area contributed by atoms with E-state index >= 15 is 0 Å². The zero-order valence-electron chi connectivity index (χ0n) is 14.4. The zero-order valence-corrected chi connectivity index (χ0v) is 14.4. The van der Waals surface area contributed by atoms with Crippen LogP contribution >= 0.6 is 0 Å². The molecule has 4 rings (SSSR count). The third-order valence-corrected chi connectivity index (χ3v) is 4.29. The fourth-order valence-electron chi connectivity index (χ4n) is 2.97. The van der Waals surface area contributed by atoms with E-state index in [9.17, 15) is 0 Å². The Bertz CT molecular complexity index is 892. The van der Waals surface area contributed by atoms with Crippen molar-refractivity contribution in [3.8, 4) is 23.0 Å². The second-order valence-corrected chi connectivity index (χ2v) is 5.80. The first kappa shape index (κ1) is 15.6. The first-order valence-corrected chi connectivity index (χ1v) is 8.50. The summed E-state index contributed by atoms with van der Waals surface area (Å²) in [6.45, 7) is 6.18. The Morgan fingerprint density at radius 1 is 1.00 bits per heavy atom. The van der Waals surface area contributed by atoms with Gasteiger partial charge in [-0.1, -0.05) is 18.2 Å². The van der Waals surface area contributed by atoms with Crippen LogP contribution in [-0.2, 0) is 0 Å². The van der Waals surface area contributed by atoms with Gasteiger partial charge in [-0.2, -0.15) is 0 Å². The molecular formula is C20H20N2O3. The first-order chi connectivity index (χ1) is 12.3. The first-order valence-electron chi connectivity index (χ1n) is 8.50. The maximum Gasteiger partial charge on any atom is 0.231 e. The van der Waals surface area contributed by atoms with Gasteiger partial charge in [0, 0.05) is 24.5 Å². The molecule has 0 aliphatic carbocycles. The quantitative estimate of drug-likeness (QED) is 0.681. The highest BCUT2D eigenvalue weighted by atomic mass is 16.7. The molecule has 1 aromatic heterocycles. The number of rotatable bonds is 5. The third kappa shape index (κ3) is 2.93. The molecule has 5 nitrogen and oxygen atoms in total. The molecule has 2 aromatic carbocycles. The van der Waals surface area contributed by atoms with Crippen LogP contribution in [0.3, 0.4) is 0 Å². The largest absolute Gasteiger partial charge is 0.454 e. The smallest absolute Gasteiger partial charge is 0.231 e. The molecule has 0 radical (unpaired) electrons. The van der Waals surface area contributed by atoms with E-state index in [1.165, 1.54) is 0 Å². The second kappa shape index (κ2) is 6.51. The number of para-hydroxylation sites is 1. The molecule has 0 unspecified atom stereocenters. The Labute approximate surface area is 146 Å². The third-order valence-electron chi connectivity index (χ3n) is 4.29. The Morgan fingerprint density at radius 3 is 2.44 bits per heavy atom. The lowest BCUT2D eigenvalue weighted by atomic mass is 10.2. The van der Waals surface area contributed by atoms with Crippen LogP contribution in [0.4, 0.5) is 5.82 Å². The molecule has 0 spiro atoms. The summed E-state index contributed by atoms with van der Waals surface area (Å²) < 4.78 is 17.1. The van der Waals surface area contributed by atoms with E-state index in [2.05, 4.69) is 18.7 Å². The summed E-state index contributed by atoms with van der Waals surface area (Å²) in [4.78, 5) is 7.04. The molecule has 0 fully saturated rings. The number of ether oxygens (including phenoxy) is 3. The minimum Gasteiger partial charge on any atom is -0.454 e. The van der Waals surface area contributed by atoms with Gasteiger partial charge in [-0.3, -0.25) is 0 Å². The number of fused-ring (bicyclic) bond motifs is 2. The number of nitrogens with zero attached hydrogens (tertiary/aromatic N) is 2. The Kier molecular flexibility index (Phi) is 4.06. The van der Waals surface area contributed by atoms with E-state index in [-0.39, 0.29) is 6.79 Å². The summed E-state index contributed by atoms with van der Waals surface area (Å²) in [7, 11) is 0. The summed E-state index contributed by atoms with van der Waals surface area (Å²) >= 11 is 0. The van der Waals surface area contributed by atoms with Crippen LogP contribution in [0.1, 0.15) is 13.8 Å². The highest BCUT2D eigenvalue weighted by molar-refractivity contribution is 5.87. The summed E-state index contributed by atoms with van der Waals surface area (Å²) in [5, 5.41) is 0.964. The highest BCUT2D eigenvalue weighted by Crippen LogP contribution is 2.39. The van der Waals surface area contributed by atoms with Gasteiger partial charge in [-0.15, -0.1) is 0 Å². The van der Waals surface area contributed by atoms with Crippen LogP contribution in [0.5, 0.6) is 23.0 Å². The van der Waals surface area contributed by atoms with Gasteiger partial charge in [0.2, 0.25) is 6.79 Å². The maximum absolute atomic E-state index is 6.15. The molecule has 2 heterocycles. The van der Waals surface area contributed by atoms with Crippen LogP contribution < -0.4 is 19.1 Å². The lowest BCUT2D eigenvalue weighted by Crippen LogP contribution is -2.23. The fourth-order valence-corrected chi connectivity index (χ4v) is 2.97. The molecule has 0 N–H and O–H groups in total. The zero-order chi connectivity index (χ0) is 17.2. The van der Waals surface area contributed by atoms with Crippen LogP contribution in [0.2, 0.25) is 0 Å². The van der Waals surface area contributed by atoms with Crippen molar-refractivity contribution < 1.29 is 14.2 Å². The summed E-state index contributed by atoms with van der Waals surface area (Å²) in [5.41, 5.74) is 0.867. The van der Waals surface area contributed by atoms with E-state index in [4.69, 9.17) is 19.2 Å². The highest BCUT2D eigenvalue weighted by Gasteiger charge is 2.19. The molecular weight excluding hydrogens is 316 g/mol. The van der Waals surface area contributed by atoms with Gasteiger partial charge in [0.1, 0.15) is 5.75 Å². The van der Waals surface area contributed by atoms with Crippen LogP contribution in [0.15, 0.2) is 48.5 Å². The number of hydrogen-bond donors (Lipinski definition) is 0. The lowest BCUT2D eigenvalue weighted by molar-refractivity contribution is 0.174. The maximum atomic E-state index is 6.15. The average molecular weight is 336 g/mol. The monoisotopic (exact) mass is 336 g/mol. The molecule has 0 bridgehead atoms. The van der Waals surface area contributed by atoms with Gasteiger partial charge < -0.3 is 19.1 Å². The average Bonchev–Trinajstić information content (AvgIpc) is 3.09. The molecule has 1 aliphatic rings. The molecule has 5 heteroatoms. The Balaban J connectivity index is 1.85. The fraction of sp³-hybridized carbons (Fsp3) is 0.250. The SMILES string of the molecule is CCN(CC)c1nc2cc3c(cc2cc1Oc1ccccc1)OCO3. The molecule has 128 valence electrons. The van der Waals surface area contributed by atoms with Crippen molar-refractivity contribution >= 4 is 16.7 Å². The predicted molar refractivity (Wildman–Crippen MR) is 97.9 cm³/mol. The number of anilines is 1. The van der Waals surface area contributed by atoms with E-state index in [0.717, 1.165) is 52.8 Å². The Hall–Kier alpha value is -2.95. The van der Waals surface area contributed by atoms with Crippen molar-refractivity contribution in [3.05, 3.63) is 48.5 Å². The van der Waals surface area contributed by atoms with E-state index in [1.807, 2.05) is 48.5 Å². The Morgan fingerprint density at radius 2 is 1.72 bits per heavy atom. The molecule has 0 atom stereocenters. The second-order valence-electron chi connectivity index (χ2n) is 5.80. The standard InChI is InChI=1S/C20H20N2O3/c1-3-22(4-2)20-19(25-15-8-6-5-7-9-15)11-14-10-17-18(24-13-23-17)12-16(14)21-20/h5-12H,3-4,13H2,1-2H3. The number of benzene rings is 2. The lowest BCUT2D eigenvalue weighted by Gasteiger charge is -2.23. The van der Waals surface area contributed by atoms with Crippen molar-refractivity contribution in [2.75, 3.05) is 24.8 Å². The molecule has 1 aliphatic heterocycles. The van der Waals surface area contributed by atoms with E-state index in [1.54, 1.807) is 0 Å². The number of pyridine rings is 1. The minimum atomic E-state index is 0.252. The van der Waals surface area contributed by atoms with Crippen LogP contribution in [0.25, 0.3) is 10.9 Å². The molecule has 0 saturated heterocycles. The van der Waals surface area contributed by atoms with Crippen molar-refractivity contribution in [2.45, 2.75) is 13.8 Å².